The van der Waals surface area contributed by atoms with E-state index in [9.17, 15) is 14.4 Å². The van der Waals surface area contributed by atoms with Gasteiger partial charge in [0.2, 0.25) is 0 Å². The van der Waals surface area contributed by atoms with Crippen LogP contribution in [0.25, 0.3) is 0 Å². The Bertz CT molecular complexity index is 1140. The van der Waals surface area contributed by atoms with E-state index >= 15 is 0 Å². The van der Waals surface area contributed by atoms with E-state index in [0.29, 0.717) is 30.2 Å². The van der Waals surface area contributed by atoms with Crippen LogP contribution in [0.2, 0.25) is 0 Å². The Morgan fingerprint density at radius 3 is 2.52 bits per heavy atom. The molecule has 0 aromatic carbocycles. The van der Waals surface area contributed by atoms with Gasteiger partial charge in [0.15, 0.2) is 0 Å². The van der Waals surface area contributed by atoms with E-state index in [1.165, 1.54) is 0 Å². The molecular weight excluding hydrogens is 418 g/mol. The molecule has 174 valence electrons. The van der Waals surface area contributed by atoms with Crippen LogP contribution < -0.4 is 5.56 Å². The molecule has 1 unspecified atom stereocenters. The van der Waals surface area contributed by atoms with Crippen molar-refractivity contribution in [1.82, 2.24) is 24.8 Å². The highest BCUT2D eigenvalue weighted by atomic mass is 16.2. The van der Waals surface area contributed by atoms with Gasteiger partial charge in [-0.15, -0.1) is 0 Å². The zero-order chi connectivity index (χ0) is 22.9. The lowest BCUT2D eigenvalue weighted by Crippen LogP contribution is -2.33. The zero-order valence-electron chi connectivity index (χ0n) is 19.2. The first kappa shape index (κ1) is 21.8. The van der Waals surface area contributed by atoms with Crippen LogP contribution in [0.1, 0.15) is 87.9 Å². The third-order valence-electron chi connectivity index (χ3n) is 7.28. The van der Waals surface area contributed by atoms with Crippen molar-refractivity contribution in [2.24, 2.45) is 0 Å². The molecule has 8 nitrogen and oxygen atoms in total. The van der Waals surface area contributed by atoms with Crippen LogP contribution in [0.5, 0.6) is 0 Å². The fourth-order valence-corrected chi connectivity index (χ4v) is 5.32. The highest BCUT2D eigenvalue weighted by Gasteiger charge is 2.32. The molecule has 2 amide bonds. The highest BCUT2D eigenvalue weighted by Crippen LogP contribution is 2.27. The number of likely N-dealkylation sites (tertiary alicyclic amines) is 2. The first-order valence-electron chi connectivity index (χ1n) is 12.2. The van der Waals surface area contributed by atoms with Crippen LogP contribution in [-0.2, 0) is 12.8 Å². The Kier molecular flexibility index (Phi) is 6.00. The second-order valence-electron chi connectivity index (χ2n) is 9.54. The number of pyridine rings is 1. The number of carbonyl (C=O) groups excluding carboxylic acids is 2. The fourth-order valence-electron chi connectivity index (χ4n) is 5.32. The largest absolute Gasteiger partial charge is 0.339 e. The smallest absolute Gasteiger partial charge is 0.261 e. The van der Waals surface area contributed by atoms with Crippen molar-refractivity contribution in [2.75, 3.05) is 26.2 Å². The lowest BCUT2D eigenvalue weighted by atomic mass is 10.1. The number of aromatic amines is 1. The minimum atomic E-state index is -0.291. The third-order valence-corrected chi connectivity index (χ3v) is 7.28. The molecule has 3 aliphatic rings. The molecule has 0 spiro atoms. The molecule has 0 bridgehead atoms. The lowest BCUT2D eigenvalue weighted by Gasteiger charge is -2.18. The average molecular weight is 450 g/mol. The van der Waals surface area contributed by atoms with Crippen molar-refractivity contribution in [2.45, 2.75) is 64.2 Å². The van der Waals surface area contributed by atoms with Gasteiger partial charge in [-0.25, -0.2) is 9.97 Å². The molecule has 1 aliphatic carbocycles. The van der Waals surface area contributed by atoms with Crippen molar-refractivity contribution < 1.29 is 9.59 Å². The molecule has 2 aromatic heterocycles. The van der Waals surface area contributed by atoms with Gasteiger partial charge in [-0.1, -0.05) is 6.42 Å². The molecule has 8 heteroatoms. The van der Waals surface area contributed by atoms with Gasteiger partial charge < -0.3 is 14.8 Å². The summed E-state index contributed by atoms with van der Waals surface area (Å²) in [6, 6.07) is 1.81. The number of nitrogens with one attached hydrogen (secondary N) is 1. The van der Waals surface area contributed by atoms with Gasteiger partial charge in [0.25, 0.3) is 17.4 Å². The predicted molar refractivity (Wildman–Crippen MR) is 123 cm³/mol. The van der Waals surface area contributed by atoms with Gasteiger partial charge in [0, 0.05) is 44.0 Å². The summed E-state index contributed by atoms with van der Waals surface area (Å²) in [5.41, 5.74) is 3.28. The number of hydrogen-bond donors (Lipinski definition) is 1. The number of hydrogen-bond acceptors (Lipinski definition) is 5. The second kappa shape index (κ2) is 9.08. The first-order chi connectivity index (χ1) is 16.0. The van der Waals surface area contributed by atoms with Crippen molar-refractivity contribution in [1.29, 1.82) is 0 Å². The van der Waals surface area contributed by atoms with E-state index in [-0.39, 0.29) is 28.9 Å². The molecule has 1 N–H and O–H groups in total. The molecule has 1 atom stereocenters. The molecule has 0 saturated carbocycles. The molecule has 4 heterocycles. The maximum atomic E-state index is 13.2. The van der Waals surface area contributed by atoms with Gasteiger partial charge in [0.1, 0.15) is 11.4 Å². The van der Waals surface area contributed by atoms with Crippen LogP contribution in [0.4, 0.5) is 0 Å². The van der Waals surface area contributed by atoms with E-state index in [1.807, 2.05) is 17.9 Å². The monoisotopic (exact) mass is 449 g/mol. The number of amides is 2. The first-order valence-corrected chi connectivity index (χ1v) is 12.2. The minimum Gasteiger partial charge on any atom is -0.339 e. The molecule has 2 aromatic rings. The Morgan fingerprint density at radius 1 is 0.970 bits per heavy atom. The zero-order valence-corrected chi connectivity index (χ0v) is 19.2. The Morgan fingerprint density at radius 2 is 1.73 bits per heavy atom. The van der Waals surface area contributed by atoms with E-state index in [1.54, 1.807) is 11.1 Å². The van der Waals surface area contributed by atoms with E-state index in [4.69, 9.17) is 0 Å². The molecule has 33 heavy (non-hydrogen) atoms. The predicted octanol–water partition coefficient (Wildman–Crippen LogP) is 2.61. The van der Waals surface area contributed by atoms with E-state index in [0.717, 1.165) is 75.7 Å². The Hall–Kier alpha value is -3.03. The van der Waals surface area contributed by atoms with Crippen molar-refractivity contribution >= 4 is 11.8 Å². The summed E-state index contributed by atoms with van der Waals surface area (Å²) in [4.78, 5) is 54.2. The highest BCUT2D eigenvalue weighted by molar-refractivity contribution is 5.95. The normalized spacial score (nSPS) is 20.6. The average Bonchev–Trinajstić information content (AvgIpc) is 3.47. The van der Waals surface area contributed by atoms with Crippen LogP contribution >= 0.6 is 0 Å². The van der Waals surface area contributed by atoms with Gasteiger partial charge in [0.05, 0.1) is 11.3 Å². The van der Waals surface area contributed by atoms with Crippen molar-refractivity contribution in [3.05, 3.63) is 56.5 Å². The van der Waals surface area contributed by atoms with Crippen LogP contribution in [0, 0.1) is 6.92 Å². The number of rotatable bonds is 3. The molecule has 5 rings (SSSR count). The van der Waals surface area contributed by atoms with Crippen molar-refractivity contribution in [3.8, 4) is 0 Å². The summed E-state index contributed by atoms with van der Waals surface area (Å²) in [5, 5.41) is 0. The third kappa shape index (κ3) is 4.30. The number of aryl methyl sites for hydroxylation is 3. The molecule has 0 radical (unpaired) electrons. The Balaban J connectivity index is 1.30. The number of aromatic nitrogens is 3. The van der Waals surface area contributed by atoms with E-state index in [2.05, 4.69) is 15.0 Å². The summed E-state index contributed by atoms with van der Waals surface area (Å²) < 4.78 is 0. The van der Waals surface area contributed by atoms with Gasteiger partial charge in [-0.3, -0.25) is 14.4 Å². The maximum Gasteiger partial charge on any atom is 0.261 e. The van der Waals surface area contributed by atoms with Crippen LogP contribution in [-0.4, -0.2) is 62.7 Å². The molecule has 2 aliphatic heterocycles. The second-order valence-corrected chi connectivity index (χ2v) is 9.54. The standard InChI is InChI=1S/C25H31N5O3/c1-16-20(25(33)29-10-5-6-11-29)14-26-22(27-16)18-9-12-30(15-18)24(32)19-13-17-7-3-2-4-8-21(17)28-23(19)31/h13-14,18H,2-12,15H2,1H3,(H,28,31). The lowest BCUT2D eigenvalue weighted by molar-refractivity contribution is 0.0783. The molecule has 2 fully saturated rings. The summed E-state index contributed by atoms with van der Waals surface area (Å²) in [7, 11) is 0. The van der Waals surface area contributed by atoms with Crippen LogP contribution in [0.15, 0.2) is 17.1 Å². The number of nitrogens with zero attached hydrogens (tertiary/aromatic N) is 4. The number of H-pyrrole nitrogens is 1. The van der Waals surface area contributed by atoms with Gasteiger partial charge in [-0.2, -0.15) is 0 Å². The van der Waals surface area contributed by atoms with E-state index < -0.39 is 0 Å². The number of carbonyl (C=O) groups is 2. The summed E-state index contributed by atoms with van der Waals surface area (Å²) >= 11 is 0. The summed E-state index contributed by atoms with van der Waals surface area (Å²) in [5.74, 6) is 0.450. The fraction of sp³-hybridized carbons (Fsp3) is 0.560. The minimum absolute atomic E-state index is 0.00205. The Labute approximate surface area is 193 Å². The van der Waals surface area contributed by atoms with Crippen LogP contribution in [0.3, 0.4) is 0 Å². The topological polar surface area (TPSA) is 99.3 Å². The van der Waals surface area contributed by atoms with Gasteiger partial charge in [-0.05, 0) is 63.5 Å². The van der Waals surface area contributed by atoms with Crippen molar-refractivity contribution in [3.63, 3.8) is 0 Å². The molecule has 2 saturated heterocycles. The SMILES string of the molecule is Cc1nc(C2CCN(C(=O)c3cc4c([nH]c3=O)CCCCC4)C2)ncc1C(=O)N1CCCC1. The quantitative estimate of drug-likeness (QED) is 0.726. The molecular formula is C25H31N5O3. The summed E-state index contributed by atoms with van der Waals surface area (Å²) in [6.07, 6.45) is 9.56. The number of fused-ring (bicyclic) bond motifs is 1. The summed E-state index contributed by atoms with van der Waals surface area (Å²) in [6.45, 7) is 4.48. The maximum absolute atomic E-state index is 13.2. The van der Waals surface area contributed by atoms with Gasteiger partial charge >= 0.3 is 0 Å².